The Morgan fingerprint density at radius 1 is 1.35 bits per heavy atom. The van der Waals surface area contributed by atoms with Crippen LogP contribution in [0, 0.1) is 5.82 Å². The second-order valence-corrected chi connectivity index (χ2v) is 4.81. The van der Waals surface area contributed by atoms with E-state index in [1.54, 1.807) is 0 Å². The van der Waals surface area contributed by atoms with E-state index in [0.29, 0.717) is 0 Å². The zero-order chi connectivity index (χ0) is 15.5. The molecule has 0 aliphatic heterocycles. The van der Waals surface area contributed by atoms with E-state index < -0.39 is 41.5 Å². The number of carbonyl (C=O) groups is 2. The van der Waals surface area contributed by atoms with Crippen molar-refractivity contribution >= 4 is 28.0 Å². The average Bonchev–Trinajstić information content (AvgIpc) is 2.34. The third kappa shape index (κ3) is 4.19. The Bertz CT molecular complexity index is 532. The van der Waals surface area contributed by atoms with E-state index in [2.05, 4.69) is 16.1 Å². The Morgan fingerprint density at radius 2 is 1.95 bits per heavy atom. The van der Waals surface area contributed by atoms with Gasteiger partial charge in [-0.05, 0) is 18.2 Å². The highest BCUT2D eigenvalue weighted by atomic mass is 79.9. The number of hydrogen-bond acceptors (Lipinski definition) is 2. The summed E-state index contributed by atoms with van der Waals surface area (Å²) in [5.41, 5.74) is -2.14. The Balaban J connectivity index is 2.96. The topological polar surface area (TPSA) is 49.4 Å². The molecule has 0 saturated heterocycles. The van der Waals surface area contributed by atoms with E-state index in [9.17, 15) is 27.2 Å². The quantitative estimate of drug-likeness (QED) is 0.667. The van der Waals surface area contributed by atoms with E-state index in [-0.39, 0.29) is 6.07 Å². The van der Waals surface area contributed by atoms with E-state index >= 15 is 0 Å². The molecule has 0 atom stereocenters. The summed E-state index contributed by atoms with van der Waals surface area (Å²) in [7, 11) is 1.35. The van der Waals surface area contributed by atoms with Gasteiger partial charge in [0.1, 0.15) is 5.82 Å². The van der Waals surface area contributed by atoms with Crippen molar-refractivity contribution in [2.45, 2.75) is 6.18 Å². The van der Waals surface area contributed by atoms with Gasteiger partial charge < -0.3 is 5.32 Å². The van der Waals surface area contributed by atoms with Gasteiger partial charge in [-0.25, -0.2) is 4.39 Å². The van der Waals surface area contributed by atoms with Crippen molar-refractivity contribution in [2.75, 3.05) is 13.6 Å². The lowest BCUT2D eigenvalue weighted by molar-refractivity contribution is -0.138. The Kier molecular flexibility index (Phi) is 5.09. The summed E-state index contributed by atoms with van der Waals surface area (Å²) in [6.07, 6.45) is -4.87. The first-order valence-corrected chi connectivity index (χ1v) is 5.91. The summed E-state index contributed by atoms with van der Waals surface area (Å²) in [6, 6.07) is 1.69. The lowest BCUT2D eigenvalue weighted by atomic mass is 10.1. The molecule has 0 radical (unpaired) electrons. The molecule has 0 saturated carbocycles. The summed E-state index contributed by atoms with van der Waals surface area (Å²) in [5.74, 6) is -2.78. The second kappa shape index (κ2) is 6.21. The molecular formula is C11H9BrF4N2O2. The van der Waals surface area contributed by atoms with Crippen molar-refractivity contribution in [3.05, 3.63) is 35.1 Å². The lowest BCUT2D eigenvalue weighted by Crippen LogP contribution is -2.35. The van der Waals surface area contributed by atoms with Crippen LogP contribution < -0.4 is 5.32 Å². The predicted octanol–water partition coefficient (Wildman–Crippen LogP) is 2.34. The molecule has 0 bridgehead atoms. The van der Waals surface area contributed by atoms with Gasteiger partial charge in [0.15, 0.2) is 0 Å². The fraction of sp³-hybridized carbons (Fsp3) is 0.273. The molecule has 1 N–H and O–H groups in total. The number of halogens is 5. The number of alkyl halides is 3. The van der Waals surface area contributed by atoms with Gasteiger partial charge in [-0.3, -0.25) is 13.5 Å². The monoisotopic (exact) mass is 356 g/mol. The van der Waals surface area contributed by atoms with Crippen molar-refractivity contribution in [1.82, 2.24) is 9.24 Å². The Labute approximate surface area is 120 Å². The van der Waals surface area contributed by atoms with Gasteiger partial charge in [0.05, 0.1) is 33.8 Å². The van der Waals surface area contributed by atoms with Crippen LogP contribution in [-0.2, 0) is 11.0 Å². The Hall–Kier alpha value is -1.64. The standard InChI is InChI=1S/C11H9BrF4N2O2/c1-18(12)9(19)5-17-10(20)7-3-2-6(13)4-8(7)11(14,15)16/h2-4H,5H2,1H3,(H,17,20). The van der Waals surface area contributed by atoms with Gasteiger partial charge in [-0.15, -0.1) is 0 Å². The highest BCUT2D eigenvalue weighted by molar-refractivity contribution is 9.07. The normalized spacial score (nSPS) is 11.1. The maximum atomic E-state index is 12.9. The van der Waals surface area contributed by atoms with Crippen LogP contribution in [0.2, 0.25) is 0 Å². The first-order valence-electron chi connectivity index (χ1n) is 5.20. The minimum absolute atomic E-state index is 0.230. The molecule has 1 rings (SSSR count). The number of nitrogens with one attached hydrogen (secondary N) is 1. The first-order chi connectivity index (χ1) is 9.12. The van der Waals surface area contributed by atoms with Crippen LogP contribution in [0.25, 0.3) is 0 Å². The molecule has 0 aliphatic rings. The van der Waals surface area contributed by atoms with Crippen LogP contribution in [0.3, 0.4) is 0 Å². The van der Waals surface area contributed by atoms with Gasteiger partial charge in [0, 0.05) is 7.05 Å². The molecule has 0 fully saturated rings. The van der Waals surface area contributed by atoms with Crippen molar-refractivity contribution in [3.63, 3.8) is 0 Å². The summed E-state index contributed by atoms with van der Waals surface area (Å²) >= 11 is 2.80. The number of benzene rings is 1. The molecule has 0 aromatic heterocycles. The number of amides is 2. The summed E-state index contributed by atoms with van der Waals surface area (Å²) in [6.45, 7) is -0.491. The van der Waals surface area contributed by atoms with E-state index in [4.69, 9.17) is 0 Å². The average molecular weight is 357 g/mol. The summed E-state index contributed by atoms with van der Waals surface area (Å²) in [4.78, 5) is 22.8. The molecule has 0 heterocycles. The summed E-state index contributed by atoms with van der Waals surface area (Å²) in [5, 5.41) is 2.03. The second-order valence-electron chi connectivity index (χ2n) is 3.74. The third-order valence-electron chi connectivity index (χ3n) is 2.28. The third-order valence-corrected chi connectivity index (χ3v) is 2.67. The van der Waals surface area contributed by atoms with Crippen LogP contribution in [-0.4, -0.2) is 29.3 Å². The molecule has 2 amide bonds. The smallest absolute Gasteiger partial charge is 0.343 e. The zero-order valence-corrected chi connectivity index (χ0v) is 11.7. The first kappa shape index (κ1) is 16.4. The van der Waals surface area contributed by atoms with E-state index in [1.807, 2.05) is 5.32 Å². The van der Waals surface area contributed by atoms with Crippen molar-refractivity contribution in [3.8, 4) is 0 Å². The van der Waals surface area contributed by atoms with Crippen LogP contribution in [0.15, 0.2) is 18.2 Å². The molecule has 1 aromatic rings. The molecule has 20 heavy (non-hydrogen) atoms. The van der Waals surface area contributed by atoms with Crippen molar-refractivity contribution in [1.29, 1.82) is 0 Å². The lowest BCUT2D eigenvalue weighted by Gasteiger charge is -2.13. The van der Waals surface area contributed by atoms with Crippen LogP contribution >= 0.6 is 16.1 Å². The Morgan fingerprint density at radius 3 is 2.45 bits per heavy atom. The van der Waals surface area contributed by atoms with Crippen molar-refractivity contribution in [2.24, 2.45) is 0 Å². The highest BCUT2D eigenvalue weighted by Crippen LogP contribution is 2.32. The fourth-order valence-electron chi connectivity index (χ4n) is 1.31. The zero-order valence-electron chi connectivity index (χ0n) is 10.1. The minimum atomic E-state index is -4.87. The van der Waals surface area contributed by atoms with Gasteiger partial charge in [-0.1, -0.05) is 0 Å². The van der Waals surface area contributed by atoms with Gasteiger partial charge >= 0.3 is 6.18 Å². The molecule has 0 aliphatic carbocycles. The number of carbonyl (C=O) groups excluding carboxylic acids is 2. The maximum absolute atomic E-state index is 12.9. The van der Waals surface area contributed by atoms with E-state index in [1.165, 1.54) is 7.05 Å². The minimum Gasteiger partial charge on any atom is -0.343 e. The number of likely N-dealkylation sites (N-methyl/N-ethyl adjacent to an activating group) is 1. The molecule has 1 aromatic carbocycles. The molecule has 110 valence electrons. The van der Waals surface area contributed by atoms with Crippen LogP contribution in [0.4, 0.5) is 17.6 Å². The maximum Gasteiger partial charge on any atom is 0.417 e. The molecule has 4 nitrogen and oxygen atoms in total. The highest BCUT2D eigenvalue weighted by Gasteiger charge is 2.35. The van der Waals surface area contributed by atoms with E-state index in [0.717, 1.165) is 16.1 Å². The molecule has 0 spiro atoms. The summed E-state index contributed by atoms with van der Waals surface area (Å²) < 4.78 is 51.9. The molecule has 9 heteroatoms. The van der Waals surface area contributed by atoms with Gasteiger partial charge in [0.2, 0.25) is 0 Å². The van der Waals surface area contributed by atoms with Gasteiger partial charge in [0.25, 0.3) is 11.8 Å². The molecule has 0 unspecified atom stereocenters. The van der Waals surface area contributed by atoms with Crippen molar-refractivity contribution < 1.29 is 27.2 Å². The largest absolute Gasteiger partial charge is 0.417 e. The number of hydrogen-bond donors (Lipinski definition) is 1. The molecular weight excluding hydrogens is 348 g/mol. The van der Waals surface area contributed by atoms with Gasteiger partial charge in [-0.2, -0.15) is 13.2 Å². The number of nitrogens with zero attached hydrogens (tertiary/aromatic N) is 1. The SMILES string of the molecule is CN(Br)C(=O)CNC(=O)c1ccc(F)cc1C(F)(F)F. The van der Waals surface area contributed by atoms with Crippen LogP contribution in [0.1, 0.15) is 15.9 Å². The predicted molar refractivity (Wildman–Crippen MR) is 65.4 cm³/mol. The van der Waals surface area contributed by atoms with Crippen LogP contribution in [0.5, 0.6) is 0 Å². The fourth-order valence-corrected chi connectivity index (χ4v) is 1.43. The number of rotatable bonds is 3.